The van der Waals surface area contributed by atoms with Crippen LogP contribution in [0.2, 0.25) is 0 Å². The SMILES string of the molecule is CC1=C(C)C(C)=C(c2ccc3ccccc3c2C=Nc2ccccc2)C1. The predicted molar refractivity (Wildman–Crippen MR) is 113 cm³/mol. The molecule has 0 amide bonds. The summed E-state index contributed by atoms with van der Waals surface area (Å²) in [6.07, 6.45) is 3.07. The maximum absolute atomic E-state index is 4.76. The Bertz CT molecular complexity index is 1070. The Kier molecular flexibility index (Phi) is 4.30. The molecule has 0 bridgehead atoms. The quantitative estimate of drug-likeness (QED) is 0.452. The molecular weight excluding hydrogens is 314 g/mol. The van der Waals surface area contributed by atoms with Crippen LogP contribution in [0.15, 0.2) is 88.4 Å². The molecule has 1 aliphatic rings. The number of benzene rings is 3. The fraction of sp³-hybridized carbons (Fsp3) is 0.160. The van der Waals surface area contributed by atoms with E-state index in [0.29, 0.717) is 0 Å². The third kappa shape index (κ3) is 2.90. The highest BCUT2D eigenvalue weighted by Gasteiger charge is 2.19. The first-order valence-corrected chi connectivity index (χ1v) is 9.13. The zero-order valence-electron chi connectivity index (χ0n) is 15.6. The van der Waals surface area contributed by atoms with Gasteiger partial charge >= 0.3 is 0 Å². The molecule has 0 aromatic heterocycles. The fourth-order valence-electron chi connectivity index (χ4n) is 3.72. The molecule has 0 atom stereocenters. The van der Waals surface area contributed by atoms with Crippen molar-refractivity contribution in [1.82, 2.24) is 0 Å². The van der Waals surface area contributed by atoms with Crippen LogP contribution < -0.4 is 0 Å². The van der Waals surface area contributed by atoms with Crippen LogP contribution in [-0.2, 0) is 0 Å². The van der Waals surface area contributed by atoms with Crippen LogP contribution in [0.5, 0.6) is 0 Å². The van der Waals surface area contributed by atoms with Crippen molar-refractivity contribution < 1.29 is 0 Å². The Morgan fingerprint density at radius 2 is 1.50 bits per heavy atom. The zero-order chi connectivity index (χ0) is 18.1. The lowest BCUT2D eigenvalue weighted by atomic mass is 9.92. The van der Waals surface area contributed by atoms with Crippen molar-refractivity contribution in [1.29, 1.82) is 0 Å². The van der Waals surface area contributed by atoms with Gasteiger partial charge in [0.25, 0.3) is 0 Å². The Hall–Kier alpha value is -2.93. The molecule has 0 fully saturated rings. The minimum Gasteiger partial charge on any atom is -0.256 e. The van der Waals surface area contributed by atoms with Crippen molar-refractivity contribution in [2.45, 2.75) is 27.2 Å². The Labute approximate surface area is 155 Å². The van der Waals surface area contributed by atoms with Gasteiger partial charge in [-0.05, 0) is 72.4 Å². The minimum absolute atomic E-state index is 0.981. The molecule has 0 saturated carbocycles. The first-order chi connectivity index (χ1) is 12.6. The summed E-state index contributed by atoms with van der Waals surface area (Å²) in [7, 11) is 0. The number of nitrogens with zero attached hydrogens (tertiary/aromatic N) is 1. The summed E-state index contributed by atoms with van der Waals surface area (Å²) in [6, 6.07) is 23.2. The van der Waals surface area contributed by atoms with E-state index in [-0.39, 0.29) is 0 Å². The summed E-state index contributed by atoms with van der Waals surface area (Å²) in [5.41, 5.74) is 9.23. The van der Waals surface area contributed by atoms with E-state index in [4.69, 9.17) is 4.99 Å². The lowest BCUT2D eigenvalue weighted by molar-refractivity contribution is 1.22. The first kappa shape index (κ1) is 16.5. The van der Waals surface area contributed by atoms with E-state index in [1.807, 2.05) is 36.5 Å². The van der Waals surface area contributed by atoms with Gasteiger partial charge in [0.1, 0.15) is 0 Å². The molecule has 0 saturated heterocycles. The van der Waals surface area contributed by atoms with Gasteiger partial charge in [-0.25, -0.2) is 0 Å². The van der Waals surface area contributed by atoms with Gasteiger partial charge in [-0.3, -0.25) is 4.99 Å². The first-order valence-electron chi connectivity index (χ1n) is 9.13. The van der Waals surface area contributed by atoms with Gasteiger partial charge in [0, 0.05) is 11.8 Å². The van der Waals surface area contributed by atoms with Gasteiger partial charge in [0.05, 0.1) is 5.69 Å². The molecule has 1 nitrogen and oxygen atoms in total. The molecule has 0 heterocycles. The smallest absolute Gasteiger partial charge is 0.0629 e. The van der Waals surface area contributed by atoms with E-state index in [0.717, 1.165) is 12.1 Å². The van der Waals surface area contributed by atoms with E-state index in [9.17, 15) is 0 Å². The number of allylic oxidation sites excluding steroid dienone is 4. The maximum atomic E-state index is 4.76. The van der Waals surface area contributed by atoms with Crippen molar-refractivity contribution in [2.75, 3.05) is 0 Å². The number of rotatable bonds is 3. The Morgan fingerprint density at radius 3 is 2.23 bits per heavy atom. The molecule has 4 rings (SSSR count). The zero-order valence-corrected chi connectivity index (χ0v) is 15.6. The summed E-state index contributed by atoms with van der Waals surface area (Å²) >= 11 is 0. The van der Waals surface area contributed by atoms with Gasteiger partial charge in [-0.1, -0.05) is 60.2 Å². The average Bonchev–Trinajstić information content (AvgIpc) is 2.94. The highest BCUT2D eigenvalue weighted by Crippen LogP contribution is 2.40. The molecule has 0 aliphatic heterocycles. The molecule has 26 heavy (non-hydrogen) atoms. The van der Waals surface area contributed by atoms with Crippen molar-refractivity contribution >= 4 is 28.2 Å². The molecule has 0 N–H and O–H groups in total. The monoisotopic (exact) mass is 337 g/mol. The molecular formula is C25H23N. The van der Waals surface area contributed by atoms with Crippen molar-refractivity contribution in [3.8, 4) is 0 Å². The van der Waals surface area contributed by atoms with Gasteiger partial charge in [-0.2, -0.15) is 0 Å². The van der Waals surface area contributed by atoms with Gasteiger partial charge in [0.15, 0.2) is 0 Å². The molecule has 3 aromatic rings. The van der Waals surface area contributed by atoms with Crippen molar-refractivity contribution in [2.24, 2.45) is 4.99 Å². The van der Waals surface area contributed by atoms with Gasteiger partial charge in [-0.15, -0.1) is 0 Å². The minimum atomic E-state index is 0.981. The van der Waals surface area contributed by atoms with Crippen LogP contribution in [0.3, 0.4) is 0 Å². The second-order valence-corrected chi connectivity index (χ2v) is 7.03. The topological polar surface area (TPSA) is 12.4 Å². The average molecular weight is 337 g/mol. The normalized spacial score (nSPS) is 14.9. The number of hydrogen-bond acceptors (Lipinski definition) is 1. The number of fused-ring (bicyclic) bond motifs is 1. The van der Waals surface area contributed by atoms with E-state index in [1.165, 1.54) is 44.2 Å². The third-order valence-electron chi connectivity index (χ3n) is 5.49. The lowest BCUT2D eigenvalue weighted by Gasteiger charge is -2.13. The summed E-state index contributed by atoms with van der Waals surface area (Å²) < 4.78 is 0. The highest BCUT2D eigenvalue weighted by atomic mass is 14.7. The number of aliphatic imine (C=N–C) groups is 1. The van der Waals surface area contributed by atoms with Gasteiger partial charge < -0.3 is 0 Å². The summed E-state index contributed by atoms with van der Waals surface area (Å²) in [4.78, 5) is 4.76. The second-order valence-electron chi connectivity index (χ2n) is 7.03. The van der Waals surface area contributed by atoms with Crippen LogP contribution in [0.1, 0.15) is 38.3 Å². The summed E-state index contributed by atoms with van der Waals surface area (Å²) in [6.45, 7) is 6.72. The summed E-state index contributed by atoms with van der Waals surface area (Å²) in [5, 5.41) is 2.51. The maximum Gasteiger partial charge on any atom is 0.0629 e. The number of para-hydroxylation sites is 1. The van der Waals surface area contributed by atoms with Gasteiger partial charge in [0.2, 0.25) is 0 Å². The molecule has 0 unspecified atom stereocenters. The van der Waals surface area contributed by atoms with Crippen molar-refractivity contribution in [3.63, 3.8) is 0 Å². The molecule has 0 radical (unpaired) electrons. The largest absolute Gasteiger partial charge is 0.256 e. The molecule has 3 aromatic carbocycles. The van der Waals surface area contributed by atoms with Crippen LogP contribution in [0.4, 0.5) is 5.69 Å². The highest BCUT2D eigenvalue weighted by molar-refractivity contribution is 6.05. The lowest BCUT2D eigenvalue weighted by Crippen LogP contribution is -1.95. The van der Waals surface area contributed by atoms with E-state index >= 15 is 0 Å². The Balaban J connectivity index is 1.90. The Morgan fingerprint density at radius 1 is 0.769 bits per heavy atom. The molecule has 128 valence electrons. The third-order valence-corrected chi connectivity index (χ3v) is 5.49. The van der Waals surface area contributed by atoms with Crippen LogP contribution in [0, 0.1) is 0 Å². The molecule has 1 heteroatoms. The molecule has 0 spiro atoms. The number of hydrogen-bond donors (Lipinski definition) is 0. The van der Waals surface area contributed by atoms with Crippen LogP contribution >= 0.6 is 0 Å². The standard InChI is InChI=1S/C25H23N/c1-17-15-24(19(3)18(17)2)23-14-13-20-9-7-8-12-22(20)25(23)16-26-21-10-5-4-6-11-21/h4-14,16H,15H2,1-3H3. The summed E-state index contributed by atoms with van der Waals surface area (Å²) in [5.74, 6) is 0. The van der Waals surface area contributed by atoms with Crippen LogP contribution in [-0.4, -0.2) is 6.21 Å². The second kappa shape index (κ2) is 6.76. The van der Waals surface area contributed by atoms with E-state index < -0.39 is 0 Å². The fourth-order valence-corrected chi connectivity index (χ4v) is 3.72. The van der Waals surface area contributed by atoms with E-state index in [1.54, 1.807) is 0 Å². The predicted octanol–water partition coefficient (Wildman–Crippen LogP) is 7.10. The van der Waals surface area contributed by atoms with E-state index in [2.05, 4.69) is 57.2 Å². The van der Waals surface area contributed by atoms with Crippen LogP contribution in [0.25, 0.3) is 16.3 Å². The molecule has 1 aliphatic carbocycles. The van der Waals surface area contributed by atoms with Crippen molar-refractivity contribution in [3.05, 3.63) is 94.6 Å².